The van der Waals surface area contributed by atoms with E-state index in [0.717, 1.165) is 0 Å². The van der Waals surface area contributed by atoms with Crippen LogP contribution in [0.15, 0.2) is 36.9 Å². The standard InChI is InChI=1S/C18H22N4O4/c1-25-14-3-4-15(16(10-14)26-2)22-11-13(9-17(22)23)18(24)20-6-8-21-7-5-19-12-21/h3-5,7,10,12-13H,6,8-9,11H2,1-2H3,(H,20,24)/t13-/m0/s1. The maximum absolute atomic E-state index is 12.4. The lowest BCUT2D eigenvalue weighted by atomic mass is 10.1. The normalized spacial score (nSPS) is 16.6. The summed E-state index contributed by atoms with van der Waals surface area (Å²) < 4.78 is 12.4. The fourth-order valence-corrected chi connectivity index (χ4v) is 3.00. The quantitative estimate of drug-likeness (QED) is 0.800. The molecule has 0 bridgehead atoms. The lowest BCUT2D eigenvalue weighted by Crippen LogP contribution is -2.34. The first kappa shape index (κ1) is 17.8. The van der Waals surface area contributed by atoms with E-state index in [2.05, 4.69) is 10.3 Å². The van der Waals surface area contributed by atoms with Crippen LogP contribution in [-0.4, -0.2) is 48.7 Å². The van der Waals surface area contributed by atoms with E-state index in [4.69, 9.17) is 9.47 Å². The second-order valence-electron chi connectivity index (χ2n) is 6.03. The van der Waals surface area contributed by atoms with Crippen LogP contribution in [0, 0.1) is 5.92 Å². The van der Waals surface area contributed by atoms with E-state index in [0.29, 0.717) is 36.8 Å². The number of methoxy groups -OCH3 is 2. The van der Waals surface area contributed by atoms with Crippen molar-refractivity contribution in [1.82, 2.24) is 14.9 Å². The average Bonchev–Trinajstić information content (AvgIpc) is 3.30. The monoisotopic (exact) mass is 358 g/mol. The number of anilines is 1. The Labute approximate surface area is 151 Å². The van der Waals surface area contributed by atoms with Crippen LogP contribution in [0.1, 0.15) is 6.42 Å². The number of ether oxygens (including phenoxy) is 2. The number of carbonyl (C=O) groups excluding carboxylic acids is 2. The third kappa shape index (κ3) is 3.79. The van der Waals surface area contributed by atoms with Crippen molar-refractivity contribution in [2.24, 2.45) is 5.92 Å². The number of rotatable bonds is 7. The van der Waals surface area contributed by atoms with Crippen LogP contribution >= 0.6 is 0 Å². The molecule has 1 aromatic carbocycles. The van der Waals surface area contributed by atoms with E-state index in [1.165, 1.54) is 0 Å². The molecule has 26 heavy (non-hydrogen) atoms. The van der Waals surface area contributed by atoms with Gasteiger partial charge in [-0.15, -0.1) is 0 Å². The predicted molar refractivity (Wildman–Crippen MR) is 95.2 cm³/mol. The van der Waals surface area contributed by atoms with Gasteiger partial charge in [0.05, 0.1) is 32.2 Å². The Morgan fingerprint density at radius 2 is 2.19 bits per heavy atom. The number of hydrogen-bond acceptors (Lipinski definition) is 5. The molecule has 1 N–H and O–H groups in total. The van der Waals surface area contributed by atoms with Gasteiger partial charge in [-0.25, -0.2) is 4.98 Å². The molecule has 1 aliphatic heterocycles. The molecule has 0 spiro atoms. The first-order valence-electron chi connectivity index (χ1n) is 8.38. The number of carbonyl (C=O) groups is 2. The van der Waals surface area contributed by atoms with Gasteiger partial charge in [-0.1, -0.05) is 0 Å². The van der Waals surface area contributed by atoms with Gasteiger partial charge < -0.3 is 24.3 Å². The maximum Gasteiger partial charge on any atom is 0.227 e. The Balaban J connectivity index is 1.62. The fourth-order valence-electron chi connectivity index (χ4n) is 3.00. The van der Waals surface area contributed by atoms with Crippen molar-refractivity contribution in [2.45, 2.75) is 13.0 Å². The number of aromatic nitrogens is 2. The lowest BCUT2D eigenvalue weighted by Gasteiger charge is -2.20. The van der Waals surface area contributed by atoms with Crippen molar-refractivity contribution in [1.29, 1.82) is 0 Å². The summed E-state index contributed by atoms with van der Waals surface area (Å²) in [5, 5.41) is 2.88. The van der Waals surface area contributed by atoms with Crippen molar-refractivity contribution in [3.63, 3.8) is 0 Å². The second-order valence-corrected chi connectivity index (χ2v) is 6.03. The van der Waals surface area contributed by atoms with Gasteiger partial charge in [0.25, 0.3) is 0 Å². The molecule has 0 radical (unpaired) electrons. The molecule has 1 atom stereocenters. The molecule has 2 aromatic rings. The molecule has 138 valence electrons. The SMILES string of the molecule is COc1ccc(N2C[C@@H](C(=O)NCCn3ccnc3)CC2=O)c(OC)c1. The largest absolute Gasteiger partial charge is 0.497 e. The summed E-state index contributed by atoms with van der Waals surface area (Å²) >= 11 is 0. The lowest BCUT2D eigenvalue weighted by molar-refractivity contribution is -0.126. The number of nitrogens with one attached hydrogen (secondary N) is 1. The highest BCUT2D eigenvalue weighted by atomic mass is 16.5. The van der Waals surface area contributed by atoms with E-state index < -0.39 is 0 Å². The average molecular weight is 358 g/mol. The highest BCUT2D eigenvalue weighted by molar-refractivity contribution is 6.01. The Morgan fingerprint density at radius 3 is 2.88 bits per heavy atom. The molecule has 1 aromatic heterocycles. The number of benzene rings is 1. The third-order valence-electron chi connectivity index (χ3n) is 4.40. The molecule has 0 saturated carbocycles. The molecular weight excluding hydrogens is 336 g/mol. The van der Waals surface area contributed by atoms with Gasteiger partial charge in [-0.2, -0.15) is 0 Å². The maximum atomic E-state index is 12.4. The molecule has 1 fully saturated rings. The highest BCUT2D eigenvalue weighted by Crippen LogP contribution is 2.35. The van der Waals surface area contributed by atoms with Crippen LogP contribution in [-0.2, 0) is 16.1 Å². The highest BCUT2D eigenvalue weighted by Gasteiger charge is 2.36. The predicted octanol–water partition coefficient (Wildman–Crippen LogP) is 1.07. The van der Waals surface area contributed by atoms with Crippen molar-refractivity contribution in [3.8, 4) is 11.5 Å². The van der Waals surface area contributed by atoms with Crippen molar-refractivity contribution in [2.75, 3.05) is 32.2 Å². The molecule has 0 aliphatic carbocycles. The summed E-state index contributed by atoms with van der Waals surface area (Å²) in [4.78, 5) is 30.4. The van der Waals surface area contributed by atoms with Crippen LogP contribution < -0.4 is 19.7 Å². The zero-order chi connectivity index (χ0) is 18.5. The molecule has 3 rings (SSSR count). The van der Waals surface area contributed by atoms with E-state index in [9.17, 15) is 9.59 Å². The van der Waals surface area contributed by atoms with Gasteiger partial charge in [0, 0.05) is 44.5 Å². The third-order valence-corrected chi connectivity index (χ3v) is 4.40. The molecule has 0 unspecified atom stereocenters. The van der Waals surface area contributed by atoms with E-state index >= 15 is 0 Å². The smallest absolute Gasteiger partial charge is 0.227 e. The minimum atomic E-state index is -0.378. The van der Waals surface area contributed by atoms with Crippen molar-refractivity contribution >= 4 is 17.5 Å². The zero-order valence-electron chi connectivity index (χ0n) is 14.8. The van der Waals surface area contributed by atoms with Gasteiger partial charge >= 0.3 is 0 Å². The van der Waals surface area contributed by atoms with Crippen LogP contribution in [0.5, 0.6) is 11.5 Å². The van der Waals surface area contributed by atoms with Crippen molar-refractivity contribution < 1.29 is 19.1 Å². The Morgan fingerprint density at radius 1 is 1.35 bits per heavy atom. The molecule has 1 saturated heterocycles. The van der Waals surface area contributed by atoms with Gasteiger partial charge in [0.15, 0.2) is 0 Å². The Kier molecular flexibility index (Phi) is 5.40. The molecule has 2 amide bonds. The van der Waals surface area contributed by atoms with E-state index in [1.54, 1.807) is 49.8 Å². The summed E-state index contributed by atoms with van der Waals surface area (Å²) in [6.07, 6.45) is 5.41. The minimum Gasteiger partial charge on any atom is -0.497 e. The summed E-state index contributed by atoms with van der Waals surface area (Å²) in [5.74, 6) is 0.596. The van der Waals surface area contributed by atoms with Crippen LogP contribution in [0.3, 0.4) is 0 Å². The Bertz CT molecular complexity index is 776. The van der Waals surface area contributed by atoms with Crippen LogP contribution in [0.2, 0.25) is 0 Å². The second kappa shape index (κ2) is 7.90. The molecule has 8 heteroatoms. The first-order chi connectivity index (χ1) is 12.6. The summed E-state index contributed by atoms with van der Waals surface area (Å²) in [5.41, 5.74) is 0.645. The molecular formula is C18H22N4O4. The summed E-state index contributed by atoms with van der Waals surface area (Å²) in [7, 11) is 3.11. The topological polar surface area (TPSA) is 85.7 Å². The summed E-state index contributed by atoms with van der Waals surface area (Å²) in [6, 6.07) is 5.26. The molecule has 2 heterocycles. The zero-order valence-corrected chi connectivity index (χ0v) is 14.8. The number of hydrogen-bond donors (Lipinski definition) is 1. The van der Waals surface area contributed by atoms with Crippen LogP contribution in [0.4, 0.5) is 5.69 Å². The first-order valence-corrected chi connectivity index (χ1v) is 8.38. The number of nitrogens with zero attached hydrogens (tertiary/aromatic N) is 3. The molecule has 8 nitrogen and oxygen atoms in total. The van der Waals surface area contributed by atoms with Gasteiger partial charge in [-0.3, -0.25) is 9.59 Å². The minimum absolute atomic E-state index is 0.0942. The van der Waals surface area contributed by atoms with Crippen molar-refractivity contribution in [3.05, 3.63) is 36.9 Å². The fraction of sp³-hybridized carbons (Fsp3) is 0.389. The number of imidazole rings is 1. The Hall–Kier alpha value is -3.03. The molecule has 1 aliphatic rings. The van der Waals surface area contributed by atoms with Gasteiger partial charge in [-0.05, 0) is 12.1 Å². The van der Waals surface area contributed by atoms with E-state index in [-0.39, 0.29) is 24.2 Å². The number of amides is 2. The summed E-state index contributed by atoms with van der Waals surface area (Å²) in [6.45, 7) is 1.46. The van der Waals surface area contributed by atoms with E-state index in [1.807, 2.05) is 10.8 Å². The van der Waals surface area contributed by atoms with Crippen LogP contribution in [0.25, 0.3) is 0 Å². The van der Waals surface area contributed by atoms with Gasteiger partial charge in [0.2, 0.25) is 11.8 Å². The van der Waals surface area contributed by atoms with Gasteiger partial charge in [0.1, 0.15) is 11.5 Å².